The van der Waals surface area contributed by atoms with Gasteiger partial charge in [-0.3, -0.25) is 4.79 Å². The summed E-state index contributed by atoms with van der Waals surface area (Å²) in [4.78, 5) is 14.4. The molecule has 3 nitrogen and oxygen atoms in total. The van der Waals surface area contributed by atoms with E-state index in [2.05, 4.69) is 0 Å². The van der Waals surface area contributed by atoms with Crippen molar-refractivity contribution in [3.63, 3.8) is 0 Å². The first kappa shape index (κ1) is 12.0. The number of nitrogens with zero attached hydrogens (tertiary/aromatic N) is 1. The SMILES string of the molecule is N[C@@H]1CC[C@@H](C(=O)N2CCc3ccc(Cl)cc32)C1. The van der Waals surface area contributed by atoms with E-state index in [1.165, 1.54) is 5.56 Å². The minimum absolute atomic E-state index is 0.102. The molecule has 1 aliphatic carbocycles. The fourth-order valence-corrected chi connectivity index (χ4v) is 3.21. The van der Waals surface area contributed by atoms with Gasteiger partial charge in [-0.15, -0.1) is 0 Å². The largest absolute Gasteiger partial charge is 0.328 e. The summed E-state index contributed by atoms with van der Waals surface area (Å²) >= 11 is 6.02. The zero-order valence-corrected chi connectivity index (χ0v) is 11.0. The number of hydrogen-bond acceptors (Lipinski definition) is 2. The molecule has 0 saturated heterocycles. The Morgan fingerprint density at radius 1 is 1.39 bits per heavy atom. The Labute approximate surface area is 112 Å². The molecule has 2 N–H and O–H groups in total. The highest BCUT2D eigenvalue weighted by atomic mass is 35.5. The summed E-state index contributed by atoms with van der Waals surface area (Å²) in [5, 5.41) is 0.691. The number of amides is 1. The first-order valence-electron chi connectivity index (χ1n) is 6.50. The molecule has 4 heteroatoms. The molecule has 1 aromatic rings. The molecule has 0 radical (unpaired) electrons. The van der Waals surface area contributed by atoms with E-state index >= 15 is 0 Å². The van der Waals surface area contributed by atoms with Crippen molar-refractivity contribution in [2.75, 3.05) is 11.4 Å². The van der Waals surface area contributed by atoms with E-state index < -0.39 is 0 Å². The summed E-state index contributed by atoms with van der Waals surface area (Å²) in [6.45, 7) is 0.778. The summed E-state index contributed by atoms with van der Waals surface area (Å²) < 4.78 is 0. The molecule has 1 amide bonds. The van der Waals surface area contributed by atoms with E-state index in [-0.39, 0.29) is 17.9 Å². The Bertz CT molecular complexity index is 489. The number of nitrogens with two attached hydrogens (primary N) is 1. The van der Waals surface area contributed by atoms with Crippen molar-refractivity contribution in [2.45, 2.75) is 31.7 Å². The van der Waals surface area contributed by atoms with E-state index in [0.717, 1.165) is 37.9 Å². The normalized spacial score (nSPS) is 26.4. The molecule has 0 spiro atoms. The standard InChI is InChI=1S/C14H17ClN2O/c15-11-3-1-9-5-6-17(13(9)8-11)14(18)10-2-4-12(16)7-10/h1,3,8,10,12H,2,4-7,16H2/t10-,12-/m1/s1. The number of carbonyl (C=O) groups excluding carboxylic acids is 1. The second-order valence-electron chi connectivity index (χ2n) is 5.28. The third-order valence-electron chi connectivity index (χ3n) is 4.03. The second-order valence-corrected chi connectivity index (χ2v) is 5.72. The van der Waals surface area contributed by atoms with Gasteiger partial charge in [0, 0.05) is 29.2 Å². The molecule has 2 atom stereocenters. The van der Waals surface area contributed by atoms with Gasteiger partial charge >= 0.3 is 0 Å². The highest BCUT2D eigenvalue weighted by Crippen LogP contribution is 2.34. The predicted molar refractivity (Wildman–Crippen MR) is 72.8 cm³/mol. The lowest BCUT2D eigenvalue weighted by Crippen LogP contribution is -2.34. The number of anilines is 1. The van der Waals surface area contributed by atoms with Crippen LogP contribution in [0.5, 0.6) is 0 Å². The monoisotopic (exact) mass is 264 g/mol. The zero-order chi connectivity index (χ0) is 12.7. The van der Waals surface area contributed by atoms with Crippen molar-refractivity contribution in [3.05, 3.63) is 28.8 Å². The lowest BCUT2D eigenvalue weighted by Gasteiger charge is -2.21. The van der Waals surface area contributed by atoms with Crippen molar-refractivity contribution < 1.29 is 4.79 Å². The first-order chi connectivity index (χ1) is 8.65. The fraction of sp³-hybridized carbons (Fsp3) is 0.500. The highest BCUT2D eigenvalue weighted by Gasteiger charge is 2.34. The van der Waals surface area contributed by atoms with Crippen LogP contribution in [0.1, 0.15) is 24.8 Å². The molecule has 18 heavy (non-hydrogen) atoms. The Balaban J connectivity index is 1.83. The molecule has 1 aliphatic heterocycles. The molecule has 0 aromatic heterocycles. The third kappa shape index (κ3) is 2.02. The molecule has 1 fully saturated rings. The number of carbonyl (C=O) groups is 1. The van der Waals surface area contributed by atoms with E-state index in [1.807, 2.05) is 23.1 Å². The van der Waals surface area contributed by atoms with Gasteiger partial charge in [0.25, 0.3) is 0 Å². The van der Waals surface area contributed by atoms with Gasteiger partial charge in [0.15, 0.2) is 0 Å². The van der Waals surface area contributed by atoms with E-state index in [9.17, 15) is 4.79 Å². The fourth-order valence-electron chi connectivity index (χ4n) is 3.04. The van der Waals surface area contributed by atoms with Crippen molar-refractivity contribution in [3.8, 4) is 0 Å². The molecular formula is C14H17ClN2O. The lowest BCUT2D eigenvalue weighted by atomic mass is 10.1. The maximum absolute atomic E-state index is 12.5. The molecule has 1 heterocycles. The summed E-state index contributed by atoms with van der Waals surface area (Å²) in [6.07, 6.45) is 3.64. The molecular weight excluding hydrogens is 248 g/mol. The number of rotatable bonds is 1. The topological polar surface area (TPSA) is 46.3 Å². The smallest absolute Gasteiger partial charge is 0.230 e. The van der Waals surface area contributed by atoms with Gasteiger partial charge in [-0.2, -0.15) is 0 Å². The van der Waals surface area contributed by atoms with Crippen LogP contribution < -0.4 is 10.6 Å². The zero-order valence-electron chi connectivity index (χ0n) is 10.2. The van der Waals surface area contributed by atoms with Gasteiger partial charge in [-0.05, 0) is 43.4 Å². The number of halogens is 1. The minimum Gasteiger partial charge on any atom is -0.328 e. The molecule has 0 unspecified atom stereocenters. The quantitative estimate of drug-likeness (QED) is 0.846. The van der Waals surface area contributed by atoms with Crippen LogP contribution in [0.3, 0.4) is 0 Å². The maximum atomic E-state index is 12.5. The predicted octanol–water partition coefficient (Wildman–Crippen LogP) is 2.36. The van der Waals surface area contributed by atoms with Gasteiger partial charge < -0.3 is 10.6 Å². The van der Waals surface area contributed by atoms with E-state index in [0.29, 0.717) is 5.02 Å². The highest BCUT2D eigenvalue weighted by molar-refractivity contribution is 6.31. The Morgan fingerprint density at radius 3 is 2.94 bits per heavy atom. The minimum atomic E-state index is 0.102. The van der Waals surface area contributed by atoms with Crippen LogP contribution in [-0.2, 0) is 11.2 Å². The summed E-state index contributed by atoms with van der Waals surface area (Å²) in [5.41, 5.74) is 8.10. The maximum Gasteiger partial charge on any atom is 0.230 e. The van der Waals surface area contributed by atoms with Crippen LogP contribution in [0.25, 0.3) is 0 Å². The third-order valence-corrected chi connectivity index (χ3v) is 4.27. The molecule has 2 aliphatic rings. The second kappa shape index (κ2) is 4.56. The van der Waals surface area contributed by atoms with Gasteiger partial charge in [-0.25, -0.2) is 0 Å². The average Bonchev–Trinajstić information content (AvgIpc) is 2.94. The van der Waals surface area contributed by atoms with Gasteiger partial charge in [-0.1, -0.05) is 17.7 Å². The number of hydrogen-bond donors (Lipinski definition) is 1. The van der Waals surface area contributed by atoms with Crippen LogP contribution in [0, 0.1) is 5.92 Å². The van der Waals surface area contributed by atoms with Crippen LogP contribution in [-0.4, -0.2) is 18.5 Å². The first-order valence-corrected chi connectivity index (χ1v) is 6.88. The molecule has 3 rings (SSSR count). The van der Waals surface area contributed by atoms with Crippen molar-refractivity contribution in [2.24, 2.45) is 11.7 Å². The van der Waals surface area contributed by atoms with E-state index in [4.69, 9.17) is 17.3 Å². The summed E-state index contributed by atoms with van der Waals surface area (Å²) in [7, 11) is 0. The lowest BCUT2D eigenvalue weighted by molar-refractivity contribution is -0.122. The van der Waals surface area contributed by atoms with Crippen molar-refractivity contribution in [1.82, 2.24) is 0 Å². The summed E-state index contributed by atoms with van der Waals surface area (Å²) in [5.74, 6) is 0.328. The Hall–Kier alpha value is -1.06. The van der Waals surface area contributed by atoms with E-state index in [1.54, 1.807) is 0 Å². The van der Waals surface area contributed by atoms with Crippen LogP contribution in [0.4, 0.5) is 5.69 Å². The molecule has 1 saturated carbocycles. The van der Waals surface area contributed by atoms with Gasteiger partial charge in [0.1, 0.15) is 0 Å². The number of benzene rings is 1. The summed E-state index contributed by atoms with van der Waals surface area (Å²) in [6, 6.07) is 6.00. The average molecular weight is 265 g/mol. The van der Waals surface area contributed by atoms with Crippen LogP contribution >= 0.6 is 11.6 Å². The molecule has 96 valence electrons. The Kier molecular flexibility index (Phi) is 3.04. The van der Waals surface area contributed by atoms with Crippen LogP contribution in [0.15, 0.2) is 18.2 Å². The Morgan fingerprint density at radius 2 is 2.22 bits per heavy atom. The van der Waals surface area contributed by atoms with Gasteiger partial charge in [0.2, 0.25) is 5.91 Å². The number of fused-ring (bicyclic) bond motifs is 1. The van der Waals surface area contributed by atoms with Crippen molar-refractivity contribution in [1.29, 1.82) is 0 Å². The van der Waals surface area contributed by atoms with Crippen molar-refractivity contribution >= 4 is 23.2 Å². The molecule has 0 bridgehead atoms. The molecule has 1 aromatic carbocycles. The van der Waals surface area contributed by atoms with Crippen LogP contribution in [0.2, 0.25) is 5.02 Å². The van der Waals surface area contributed by atoms with Gasteiger partial charge in [0.05, 0.1) is 0 Å².